The third-order valence-corrected chi connectivity index (χ3v) is 3.80. The van der Waals surface area contributed by atoms with E-state index in [1.165, 1.54) is 6.33 Å². The Kier molecular flexibility index (Phi) is 6.10. The van der Waals surface area contributed by atoms with Crippen LogP contribution in [0.4, 0.5) is 4.79 Å². The number of amides is 2. The van der Waals surface area contributed by atoms with Gasteiger partial charge in [-0.1, -0.05) is 24.3 Å². The summed E-state index contributed by atoms with van der Waals surface area (Å²) in [5, 5.41) is 9.89. The number of carbonyl (C=O) groups is 1. The summed E-state index contributed by atoms with van der Waals surface area (Å²) in [5.41, 5.74) is 2.18. The summed E-state index contributed by atoms with van der Waals surface area (Å²) in [4.78, 5) is 17.9. The van der Waals surface area contributed by atoms with Crippen LogP contribution in [0.2, 0.25) is 0 Å². The summed E-state index contributed by atoms with van der Waals surface area (Å²) < 4.78 is 1.76. The van der Waals surface area contributed by atoms with Crippen molar-refractivity contribution >= 4 is 6.03 Å². The van der Waals surface area contributed by atoms with E-state index in [4.69, 9.17) is 0 Å². The van der Waals surface area contributed by atoms with Gasteiger partial charge in [0.2, 0.25) is 0 Å². The second-order valence-corrected chi connectivity index (χ2v) is 5.74. The van der Waals surface area contributed by atoms with Crippen LogP contribution in [-0.4, -0.2) is 52.4 Å². The maximum Gasteiger partial charge on any atom is 0.315 e. The SMILES string of the molecule is C[C@@H](CNC(=O)NCc1ccccc1Cn1cncn1)N(C)C. The molecule has 2 amide bonds. The van der Waals surface area contributed by atoms with Crippen molar-refractivity contribution in [3.8, 4) is 0 Å². The van der Waals surface area contributed by atoms with Crippen molar-refractivity contribution < 1.29 is 4.79 Å². The summed E-state index contributed by atoms with van der Waals surface area (Å²) in [6.07, 6.45) is 3.19. The maximum atomic E-state index is 11.9. The Hall–Kier alpha value is -2.41. The van der Waals surface area contributed by atoms with E-state index in [9.17, 15) is 4.79 Å². The summed E-state index contributed by atoms with van der Waals surface area (Å²) in [7, 11) is 3.98. The minimum absolute atomic E-state index is 0.158. The summed E-state index contributed by atoms with van der Waals surface area (Å²) in [5.74, 6) is 0. The highest BCUT2D eigenvalue weighted by Crippen LogP contribution is 2.09. The first-order valence-corrected chi connectivity index (χ1v) is 7.63. The van der Waals surface area contributed by atoms with Crippen LogP contribution in [0.5, 0.6) is 0 Å². The minimum Gasteiger partial charge on any atom is -0.337 e. The number of hydrogen-bond donors (Lipinski definition) is 2. The van der Waals surface area contributed by atoms with E-state index < -0.39 is 0 Å². The molecule has 7 nitrogen and oxygen atoms in total. The number of likely N-dealkylation sites (N-methyl/N-ethyl adjacent to an activating group) is 1. The fourth-order valence-electron chi connectivity index (χ4n) is 2.03. The van der Waals surface area contributed by atoms with Crippen molar-refractivity contribution in [2.24, 2.45) is 0 Å². The highest BCUT2D eigenvalue weighted by molar-refractivity contribution is 5.73. The van der Waals surface area contributed by atoms with E-state index >= 15 is 0 Å². The van der Waals surface area contributed by atoms with E-state index in [0.29, 0.717) is 25.7 Å². The van der Waals surface area contributed by atoms with Crippen LogP contribution in [-0.2, 0) is 13.1 Å². The first-order valence-electron chi connectivity index (χ1n) is 7.63. The second kappa shape index (κ2) is 8.28. The smallest absolute Gasteiger partial charge is 0.315 e. The van der Waals surface area contributed by atoms with Crippen molar-refractivity contribution in [3.05, 3.63) is 48.0 Å². The molecule has 2 N–H and O–H groups in total. The number of aromatic nitrogens is 3. The second-order valence-electron chi connectivity index (χ2n) is 5.74. The molecule has 0 aliphatic heterocycles. The molecule has 124 valence electrons. The topological polar surface area (TPSA) is 75.1 Å². The number of nitrogens with zero attached hydrogens (tertiary/aromatic N) is 4. The zero-order chi connectivity index (χ0) is 16.7. The van der Waals surface area contributed by atoms with Crippen molar-refractivity contribution in [1.82, 2.24) is 30.3 Å². The molecule has 23 heavy (non-hydrogen) atoms. The molecular weight excluding hydrogens is 292 g/mol. The van der Waals surface area contributed by atoms with Crippen molar-refractivity contribution in [2.75, 3.05) is 20.6 Å². The molecule has 0 aliphatic rings. The van der Waals surface area contributed by atoms with Gasteiger partial charge < -0.3 is 15.5 Å². The Labute approximate surface area is 136 Å². The Balaban J connectivity index is 1.87. The van der Waals surface area contributed by atoms with Gasteiger partial charge in [0, 0.05) is 19.1 Å². The van der Waals surface area contributed by atoms with E-state index in [1.807, 2.05) is 38.4 Å². The van der Waals surface area contributed by atoms with Gasteiger partial charge in [0.1, 0.15) is 12.7 Å². The first-order chi connectivity index (χ1) is 11.1. The average Bonchev–Trinajstić information content (AvgIpc) is 3.04. The van der Waals surface area contributed by atoms with Gasteiger partial charge in [0.25, 0.3) is 0 Å². The summed E-state index contributed by atoms with van der Waals surface area (Å²) >= 11 is 0. The summed E-state index contributed by atoms with van der Waals surface area (Å²) in [6, 6.07) is 8.12. The first kappa shape index (κ1) is 17.0. The van der Waals surface area contributed by atoms with Gasteiger partial charge in [-0.05, 0) is 32.1 Å². The Morgan fingerprint density at radius 2 is 2.00 bits per heavy atom. The number of rotatable bonds is 7. The lowest BCUT2D eigenvalue weighted by molar-refractivity contribution is 0.234. The highest BCUT2D eigenvalue weighted by Gasteiger charge is 2.08. The van der Waals surface area contributed by atoms with Gasteiger partial charge >= 0.3 is 6.03 Å². The van der Waals surface area contributed by atoms with E-state index in [0.717, 1.165) is 11.1 Å². The largest absolute Gasteiger partial charge is 0.337 e. The number of carbonyl (C=O) groups excluding carboxylic acids is 1. The molecule has 2 rings (SSSR count). The Bertz CT molecular complexity index is 611. The number of hydrogen-bond acceptors (Lipinski definition) is 4. The van der Waals surface area contributed by atoms with Gasteiger partial charge in [-0.25, -0.2) is 14.5 Å². The Morgan fingerprint density at radius 3 is 2.65 bits per heavy atom. The minimum atomic E-state index is -0.158. The highest BCUT2D eigenvalue weighted by atomic mass is 16.2. The van der Waals surface area contributed by atoms with Crippen molar-refractivity contribution in [1.29, 1.82) is 0 Å². The standard InChI is InChI=1S/C16H24N6O/c1-13(21(2)3)8-18-16(23)19-9-14-6-4-5-7-15(14)10-22-12-17-11-20-22/h4-7,11-13H,8-10H2,1-3H3,(H2,18,19,23)/t13-/m0/s1. The van der Waals surface area contributed by atoms with Crippen molar-refractivity contribution in [2.45, 2.75) is 26.1 Å². The normalized spacial score (nSPS) is 12.2. The molecule has 0 unspecified atom stereocenters. The predicted octanol–water partition coefficient (Wildman–Crippen LogP) is 1.08. The lowest BCUT2D eigenvalue weighted by Crippen LogP contribution is -2.42. The van der Waals surface area contributed by atoms with Crippen molar-refractivity contribution in [3.63, 3.8) is 0 Å². The Morgan fingerprint density at radius 1 is 1.26 bits per heavy atom. The zero-order valence-electron chi connectivity index (χ0n) is 13.9. The van der Waals surface area contributed by atoms with Gasteiger partial charge in [0.05, 0.1) is 6.54 Å². The summed E-state index contributed by atoms with van der Waals surface area (Å²) in [6.45, 7) is 3.79. The molecule has 1 atom stereocenters. The molecule has 0 saturated heterocycles. The molecular formula is C16H24N6O. The molecule has 0 radical (unpaired) electrons. The lowest BCUT2D eigenvalue weighted by Gasteiger charge is -2.20. The van der Waals surface area contributed by atoms with Crippen LogP contribution in [0.25, 0.3) is 0 Å². The molecule has 1 heterocycles. The van der Waals surface area contributed by atoms with Crippen LogP contribution in [0.15, 0.2) is 36.9 Å². The fourth-order valence-corrected chi connectivity index (χ4v) is 2.03. The zero-order valence-corrected chi connectivity index (χ0v) is 13.9. The predicted molar refractivity (Wildman–Crippen MR) is 89.0 cm³/mol. The third-order valence-electron chi connectivity index (χ3n) is 3.80. The van der Waals surface area contributed by atoms with Crippen LogP contribution in [0.3, 0.4) is 0 Å². The molecule has 0 fully saturated rings. The molecule has 0 spiro atoms. The molecule has 0 bridgehead atoms. The molecule has 1 aromatic carbocycles. The number of benzene rings is 1. The van der Waals surface area contributed by atoms with Gasteiger partial charge in [-0.3, -0.25) is 0 Å². The van der Waals surface area contributed by atoms with Crippen LogP contribution in [0, 0.1) is 0 Å². The van der Waals surface area contributed by atoms with Gasteiger partial charge in [0.15, 0.2) is 0 Å². The number of nitrogens with one attached hydrogen (secondary N) is 2. The van der Waals surface area contributed by atoms with E-state index in [1.54, 1.807) is 11.0 Å². The quantitative estimate of drug-likeness (QED) is 0.801. The average molecular weight is 316 g/mol. The van der Waals surface area contributed by atoms with Gasteiger partial charge in [-0.15, -0.1) is 0 Å². The fraction of sp³-hybridized carbons (Fsp3) is 0.438. The van der Waals surface area contributed by atoms with E-state index in [2.05, 4.69) is 32.5 Å². The van der Waals surface area contributed by atoms with E-state index in [-0.39, 0.29) is 6.03 Å². The van der Waals surface area contributed by atoms with Crippen LogP contribution >= 0.6 is 0 Å². The monoisotopic (exact) mass is 316 g/mol. The molecule has 0 saturated carbocycles. The van der Waals surface area contributed by atoms with Crippen LogP contribution < -0.4 is 10.6 Å². The van der Waals surface area contributed by atoms with Crippen LogP contribution in [0.1, 0.15) is 18.1 Å². The molecule has 2 aromatic rings. The number of urea groups is 1. The third kappa shape index (κ3) is 5.37. The van der Waals surface area contributed by atoms with Gasteiger partial charge in [-0.2, -0.15) is 5.10 Å². The molecule has 0 aliphatic carbocycles. The molecule has 1 aromatic heterocycles. The maximum absolute atomic E-state index is 11.9. The lowest BCUT2D eigenvalue weighted by atomic mass is 10.1. The molecule has 7 heteroatoms.